The van der Waals surface area contributed by atoms with E-state index in [1.54, 1.807) is 0 Å². The van der Waals surface area contributed by atoms with Gasteiger partial charge in [0.05, 0.1) is 17.5 Å². The number of aryl methyl sites for hydroxylation is 1. The van der Waals surface area contributed by atoms with Gasteiger partial charge in [-0.1, -0.05) is 30.0 Å². The van der Waals surface area contributed by atoms with Crippen molar-refractivity contribution in [3.63, 3.8) is 0 Å². The Kier molecular flexibility index (Phi) is 3.57. The number of nitrogens with zero attached hydrogens (tertiary/aromatic N) is 2. The minimum Gasteiger partial charge on any atom is -0.315 e. The molecule has 2 fully saturated rings. The lowest BCUT2D eigenvalue weighted by Crippen LogP contribution is -2.38. The second-order valence-corrected chi connectivity index (χ2v) is 8.73. The van der Waals surface area contributed by atoms with Crippen LogP contribution in [0.25, 0.3) is 0 Å². The number of aliphatic imine (C=N–C) groups is 1. The zero-order valence-corrected chi connectivity index (χ0v) is 13.4. The summed E-state index contributed by atoms with van der Waals surface area (Å²) in [6, 6.07) is 7.63. The van der Waals surface area contributed by atoms with Gasteiger partial charge in [0.25, 0.3) is 0 Å². The fraction of sp³-hybridized carbons (Fsp3) is 0.429. The number of rotatable bonds is 1. The van der Waals surface area contributed by atoms with Crippen molar-refractivity contribution < 1.29 is 13.2 Å². The lowest BCUT2D eigenvalue weighted by atomic mass is 10.1. The van der Waals surface area contributed by atoms with E-state index in [0.29, 0.717) is 5.17 Å². The average Bonchev–Trinajstić information content (AvgIpc) is 2.81. The third-order valence-electron chi connectivity index (χ3n) is 3.69. The molecule has 2 aliphatic rings. The highest BCUT2D eigenvalue weighted by molar-refractivity contribution is 8.16. The van der Waals surface area contributed by atoms with Gasteiger partial charge in [-0.05, 0) is 18.6 Å². The number of amides is 1. The van der Waals surface area contributed by atoms with E-state index < -0.39 is 9.84 Å². The van der Waals surface area contributed by atoms with Crippen molar-refractivity contribution in [1.29, 1.82) is 0 Å². The van der Waals surface area contributed by atoms with Crippen molar-refractivity contribution in [3.05, 3.63) is 29.8 Å². The molecule has 0 radical (unpaired) electrons. The molecule has 5 nitrogen and oxygen atoms in total. The summed E-state index contributed by atoms with van der Waals surface area (Å²) in [4.78, 5) is 17.4. The second-order valence-electron chi connectivity index (χ2n) is 5.37. The molecule has 0 N–H and O–H groups in total. The fourth-order valence-electron chi connectivity index (χ4n) is 2.81. The van der Waals surface area contributed by atoms with Gasteiger partial charge >= 0.3 is 0 Å². The van der Waals surface area contributed by atoms with Crippen LogP contribution in [-0.4, -0.2) is 42.3 Å². The van der Waals surface area contributed by atoms with E-state index in [0.717, 1.165) is 11.3 Å². The molecule has 0 aliphatic carbocycles. The Labute approximate surface area is 128 Å². The largest absolute Gasteiger partial charge is 0.315 e. The minimum absolute atomic E-state index is 0.0484. The number of para-hydroxylation sites is 1. The summed E-state index contributed by atoms with van der Waals surface area (Å²) in [6.45, 7) is 3.39. The Morgan fingerprint density at radius 3 is 2.71 bits per heavy atom. The molecule has 1 aromatic rings. The zero-order chi connectivity index (χ0) is 15.2. The number of hydrogen-bond acceptors (Lipinski definition) is 4. The maximum Gasteiger partial charge on any atom is 0.244 e. The number of carbonyl (C=O) groups is 1. The summed E-state index contributed by atoms with van der Waals surface area (Å²) < 4.78 is 23.8. The van der Waals surface area contributed by atoms with Crippen molar-refractivity contribution in [2.24, 2.45) is 4.99 Å². The maximum absolute atomic E-state index is 11.9. The van der Waals surface area contributed by atoms with Crippen LogP contribution in [0.1, 0.15) is 12.5 Å². The topological polar surface area (TPSA) is 66.8 Å². The molecule has 0 unspecified atom stereocenters. The van der Waals surface area contributed by atoms with Crippen molar-refractivity contribution >= 4 is 38.4 Å². The Hall–Kier alpha value is -1.34. The molecule has 0 aromatic heterocycles. The van der Waals surface area contributed by atoms with Crippen LogP contribution in [0.4, 0.5) is 5.69 Å². The molecule has 112 valence electrons. The van der Waals surface area contributed by atoms with E-state index in [1.807, 2.05) is 36.1 Å². The molecule has 7 heteroatoms. The van der Waals surface area contributed by atoms with Gasteiger partial charge in [0.2, 0.25) is 5.91 Å². The lowest BCUT2D eigenvalue weighted by molar-refractivity contribution is -0.115. The molecule has 2 aliphatic heterocycles. The standard InChI is InChI=1S/C14H16N2O3S2/c1-9-5-3-4-6-11(9)16-12-7-21(18,19)8-13(12)20-14(16)15-10(2)17/h3-6,12-13H,7-8H2,1-2H3/t12-,13-/m0/s1. The highest BCUT2D eigenvalue weighted by atomic mass is 32.2. The summed E-state index contributed by atoms with van der Waals surface area (Å²) in [7, 11) is -3.01. The van der Waals surface area contributed by atoms with Gasteiger partial charge in [0.15, 0.2) is 15.0 Å². The third kappa shape index (κ3) is 2.72. The summed E-state index contributed by atoms with van der Waals surface area (Å²) >= 11 is 1.40. The number of amidine groups is 1. The van der Waals surface area contributed by atoms with Gasteiger partial charge in [-0.3, -0.25) is 4.79 Å². The quantitative estimate of drug-likeness (QED) is 0.785. The molecule has 1 aromatic carbocycles. The van der Waals surface area contributed by atoms with Crippen molar-refractivity contribution in [2.45, 2.75) is 25.1 Å². The molecule has 3 rings (SSSR count). The number of fused-ring (bicyclic) bond motifs is 1. The van der Waals surface area contributed by atoms with Gasteiger partial charge in [0.1, 0.15) is 0 Å². The second kappa shape index (κ2) is 5.14. The molecular weight excluding hydrogens is 308 g/mol. The molecule has 21 heavy (non-hydrogen) atoms. The van der Waals surface area contributed by atoms with E-state index in [9.17, 15) is 13.2 Å². The molecule has 1 amide bonds. The van der Waals surface area contributed by atoms with E-state index in [-0.39, 0.29) is 28.7 Å². The van der Waals surface area contributed by atoms with Gasteiger partial charge in [-0.2, -0.15) is 4.99 Å². The van der Waals surface area contributed by atoms with E-state index >= 15 is 0 Å². The summed E-state index contributed by atoms with van der Waals surface area (Å²) in [5.74, 6) is 0.0105. The molecular formula is C14H16N2O3S2. The number of carbonyl (C=O) groups excluding carboxylic acids is 1. The maximum atomic E-state index is 11.9. The van der Waals surface area contributed by atoms with Gasteiger partial charge < -0.3 is 4.90 Å². The first-order valence-electron chi connectivity index (χ1n) is 6.68. The summed E-state index contributed by atoms with van der Waals surface area (Å²) in [5, 5.41) is 0.564. The van der Waals surface area contributed by atoms with E-state index in [2.05, 4.69) is 4.99 Å². The molecule has 2 saturated heterocycles. The van der Waals surface area contributed by atoms with Crippen LogP contribution in [0.2, 0.25) is 0 Å². The normalized spacial score (nSPS) is 28.9. The van der Waals surface area contributed by atoms with Crippen LogP contribution in [0, 0.1) is 6.92 Å². The highest BCUT2D eigenvalue weighted by Gasteiger charge is 2.49. The fourth-order valence-corrected chi connectivity index (χ4v) is 6.77. The Balaban J connectivity index is 2.07. The van der Waals surface area contributed by atoms with Gasteiger partial charge in [-0.15, -0.1) is 0 Å². The third-order valence-corrected chi connectivity index (χ3v) is 6.90. The number of anilines is 1. The summed E-state index contributed by atoms with van der Waals surface area (Å²) in [5.41, 5.74) is 1.97. The van der Waals surface area contributed by atoms with Crippen molar-refractivity contribution in [3.8, 4) is 0 Å². The minimum atomic E-state index is -3.01. The highest BCUT2D eigenvalue weighted by Crippen LogP contribution is 2.41. The van der Waals surface area contributed by atoms with Crippen LogP contribution in [0.3, 0.4) is 0 Å². The van der Waals surface area contributed by atoms with E-state index in [1.165, 1.54) is 18.7 Å². The van der Waals surface area contributed by atoms with Crippen molar-refractivity contribution in [2.75, 3.05) is 16.4 Å². The number of hydrogen-bond donors (Lipinski definition) is 0. The molecule has 2 heterocycles. The van der Waals surface area contributed by atoms with Gasteiger partial charge in [0, 0.05) is 17.9 Å². The SMILES string of the molecule is CC(=O)N=C1S[C@H]2CS(=O)(=O)C[C@@H]2N1c1ccccc1C. The predicted molar refractivity (Wildman–Crippen MR) is 85.6 cm³/mol. The average molecular weight is 324 g/mol. The lowest BCUT2D eigenvalue weighted by Gasteiger charge is -2.26. The molecule has 0 saturated carbocycles. The van der Waals surface area contributed by atoms with Crippen LogP contribution in [0.5, 0.6) is 0 Å². The predicted octanol–water partition coefficient (Wildman–Crippen LogP) is 1.62. The Morgan fingerprint density at radius 2 is 2.05 bits per heavy atom. The first-order valence-corrected chi connectivity index (χ1v) is 9.39. The first-order chi connectivity index (χ1) is 9.87. The van der Waals surface area contributed by atoms with Crippen molar-refractivity contribution in [1.82, 2.24) is 0 Å². The molecule has 0 spiro atoms. The van der Waals surface area contributed by atoms with Crippen LogP contribution >= 0.6 is 11.8 Å². The van der Waals surface area contributed by atoms with Gasteiger partial charge in [-0.25, -0.2) is 8.42 Å². The number of thioether (sulfide) groups is 1. The van der Waals surface area contributed by atoms with E-state index in [4.69, 9.17) is 0 Å². The zero-order valence-electron chi connectivity index (χ0n) is 11.8. The first kappa shape index (κ1) is 14.6. The monoisotopic (exact) mass is 324 g/mol. The van der Waals surface area contributed by atoms with Crippen LogP contribution in [0.15, 0.2) is 29.3 Å². The Bertz CT molecular complexity index is 727. The number of benzene rings is 1. The number of sulfone groups is 1. The van der Waals surface area contributed by atoms with Crippen LogP contribution in [-0.2, 0) is 14.6 Å². The Morgan fingerprint density at radius 1 is 1.33 bits per heavy atom. The molecule has 0 bridgehead atoms. The molecule has 2 atom stereocenters. The smallest absolute Gasteiger partial charge is 0.244 e. The summed E-state index contributed by atoms with van der Waals surface area (Å²) in [6.07, 6.45) is 0. The van der Waals surface area contributed by atoms with Crippen LogP contribution < -0.4 is 4.90 Å².